The summed E-state index contributed by atoms with van der Waals surface area (Å²) in [6.07, 6.45) is 8.88. The maximum atomic E-state index is 11.9. The lowest BCUT2D eigenvalue weighted by Gasteiger charge is -2.50. The van der Waals surface area contributed by atoms with E-state index in [1.807, 2.05) is 6.08 Å². The summed E-state index contributed by atoms with van der Waals surface area (Å²) in [5.74, 6) is 0.724. The van der Waals surface area contributed by atoms with Gasteiger partial charge < -0.3 is 20.1 Å². The van der Waals surface area contributed by atoms with Crippen molar-refractivity contribution in [2.75, 3.05) is 0 Å². The number of cyclic esters (lactones) is 1. The molecule has 184 valence electrons. The highest BCUT2D eigenvalue weighted by atomic mass is 16.6. The fraction of sp³-hybridized carbons (Fsp3) is 0.741. The van der Waals surface area contributed by atoms with E-state index in [0.717, 1.165) is 38.5 Å². The van der Waals surface area contributed by atoms with E-state index in [0.29, 0.717) is 35.3 Å². The number of aliphatic hydroxyl groups is 3. The number of aliphatic hydroxyl groups excluding tert-OH is 1. The highest BCUT2D eigenvalue weighted by molar-refractivity contribution is 6.47. The molecule has 8 heteroatoms. The molecule has 35 heavy (non-hydrogen) atoms. The molecular weight excluding hydrogens is 437 g/mol. The molecule has 5 nitrogen and oxygen atoms in total. The Kier molecular flexibility index (Phi) is 6.86. The van der Waals surface area contributed by atoms with Crippen molar-refractivity contribution in [3.05, 3.63) is 35.5 Å². The van der Waals surface area contributed by atoms with Crippen molar-refractivity contribution in [1.29, 1.82) is 0 Å². The molecule has 0 amide bonds. The lowest BCUT2D eigenvalue weighted by atomic mass is 9.34. The topological polar surface area (TPSA) is 87.0 Å². The molecule has 0 aromatic rings. The average molecular weight is 474 g/mol. The van der Waals surface area contributed by atoms with Crippen LogP contribution in [0.4, 0.5) is 0 Å². The summed E-state index contributed by atoms with van der Waals surface area (Å²) in [6, 6.07) is 0. The maximum absolute atomic E-state index is 11.9. The first-order valence-corrected chi connectivity index (χ1v) is 12.9. The van der Waals surface area contributed by atoms with E-state index in [1.165, 1.54) is 12.5 Å². The van der Waals surface area contributed by atoms with Crippen molar-refractivity contribution >= 4 is 29.5 Å². The van der Waals surface area contributed by atoms with E-state index in [-0.39, 0.29) is 17.9 Å². The quantitative estimate of drug-likeness (QED) is 0.431. The van der Waals surface area contributed by atoms with Crippen LogP contribution in [0.25, 0.3) is 0 Å². The standard InChI is InChI=1S/C27H37B3O5/c1-15(12-18-13-25(4,33)23(32)35-18)19-9-10-21-17(6-5-11-24(19,21)3)7-8-20-16(2)22(31)14-26(28,34)27(20,29)30/h7-8,15,18-19,21-22,31,33-34H,2,5-6,9-14H2,1,3-4H3/b17-7+,20-8+/t15-,18?,19-,21+,22+,24-,25-,26+/m1/s1. The lowest BCUT2D eigenvalue weighted by molar-refractivity contribution is -0.154. The number of rotatable bonds is 4. The van der Waals surface area contributed by atoms with Gasteiger partial charge in [-0.2, -0.15) is 0 Å². The van der Waals surface area contributed by atoms with Gasteiger partial charge in [-0.3, -0.25) is 0 Å². The minimum atomic E-state index is -1.94. The smallest absolute Gasteiger partial charge is 0.338 e. The fourth-order valence-electron chi connectivity index (χ4n) is 7.47. The minimum Gasteiger partial charge on any atom is -0.460 e. The highest BCUT2D eigenvalue weighted by Crippen LogP contribution is 2.60. The van der Waals surface area contributed by atoms with Gasteiger partial charge in [0, 0.05) is 11.9 Å². The molecule has 0 spiro atoms. The summed E-state index contributed by atoms with van der Waals surface area (Å²) in [5.41, 5.74) is -1.12. The number of carbonyl (C=O) groups is 1. The molecule has 3 aliphatic carbocycles. The number of esters is 1. The minimum absolute atomic E-state index is 0.118. The Labute approximate surface area is 213 Å². The predicted molar refractivity (Wildman–Crippen MR) is 138 cm³/mol. The molecule has 1 saturated heterocycles. The van der Waals surface area contributed by atoms with Gasteiger partial charge in [0.05, 0.1) is 21.8 Å². The van der Waals surface area contributed by atoms with Crippen LogP contribution in [0.15, 0.2) is 35.5 Å². The lowest BCUT2D eigenvalue weighted by Crippen LogP contribution is -2.52. The Hall–Kier alpha value is -1.24. The van der Waals surface area contributed by atoms with E-state index in [1.54, 1.807) is 6.08 Å². The molecule has 4 fully saturated rings. The van der Waals surface area contributed by atoms with Crippen LogP contribution in [0.5, 0.6) is 0 Å². The number of carbonyl (C=O) groups excluding carboxylic acids is 1. The molecule has 0 bridgehead atoms. The Morgan fingerprint density at radius 2 is 1.86 bits per heavy atom. The zero-order valence-corrected chi connectivity index (χ0v) is 21.3. The van der Waals surface area contributed by atoms with E-state index < -0.39 is 28.4 Å². The first-order valence-electron chi connectivity index (χ1n) is 12.9. The highest BCUT2D eigenvalue weighted by Gasteiger charge is 2.52. The Balaban J connectivity index is 1.54. The third-order valence-electron chi connectivity index (χ3n) is 9.58. The molecule has 1 aliphatic heterocycles. The van der Waals surface area contributed by atoms with E-state index in [9.17, 15) is 20.1 Å². The van der Waals surface area contributed by atoms with Crippen LogP contribution < -0.4 is 0 Å². The Morgan fingerprint density at radius 1 is 1.17 bits per heavy atom. The first-order chi connectivity index (χ1) is 16.1. The van der Waals surface area contributed by atoms with Gasteiger partial charge in [0.1, 0.15) is 14.0 Å². The molecule has 1 heterocycles. The van der Waals surface area contributed by atoms with Crippen LogP contribution in [0.2, 0.25) is 5.21 Å². The third-order valence-corrected chi connectivity index (χ3v) is 9.58. The van der Waals surface area contributed by atoms with Gasteiger partial charge in [-0.15, -0.1) is 0 Å². The van der Waals surface area contributed by atoms with Crippen LogP contribution in [0.3, 0.4) is 0 Å². The molecule has 6 radical (unpaired) electrons. The van der Waals surface area contributed by atoms with Crippen molar-refractivity contribution in [3.63, 3.8) is 0 Å². The zero-order chi connectivity index (χ0) is 26.0. The second-order valence-corrected chi connectivity index (χ2v) is 12.2. The molecule has 8 atom stereocenters. The van der Waals surface area contributed by atoms with Crippen LogP contribution in [-0.4, -0.2) is 68.1 Å². The number of allylic oxidation sites excluding steroid dienone is 3. The van der Waals surface area contributed by atoms with Gasteiger partial charge in [0.25, 0.3) is 0 Å². The van der Waals surface area contributed by atoms with Crippen molar-refractivity contribution in [2.24, 2.45) is 23.2 Å². The number of ether oxygens (including phenoxy) is 1. The first kappa shape index (κ1) is 26.8. The second-order valence-electron chi connectivity index (χ2n) is 12.2. The van der Waals surface area contributed by atoms with E-state index in [2.05, 4.69) is 20.4 Å². The van der Waals surface area contributed by atoms with Gasteiger partial charge in [-0.05, 0) is 80.6 Å². The van der Waals surface area contributed by atoms with Crippen LogP contribution in [-0.2, 0) is 9.53 Å². The van der Waals surface area contributed by atoms with Gasteiger partial charge in [-0.25, -0.2) is 4.79 Å². The summed E-state index contributed by atoms with van der Waals surface area (Å²) < 4.78 is 5.47. The van der Waals surface area contributed by atoms with Gasteiger partial charge in [0.15, 0.2) is 5.60 Å². The molecule has 1 unspecified atom stereocenters. The molecule has 3 saturated carbocycles. The van der Waals surface area contributed by atoms with Crippen LogP contribution in [0.1, 0.15) is 72.1 Å². The summed E-state index contributed by atoms with van der Waals surface area (Å²) in [7, 11) is 18.5. The molecule has 3 N–H and O–H groups in total. The Bertz CT molecular complexity index is 952. The molecule has 0 aromatic heterocycles. The van der Waals surface area contributed by atoms with E-state index in [4.69, 9.17) is 28.3 Å². The van der Waals surface area contributed by atoms with Gasteiger partial charge in [0.2, 0.25) is 0 Å². The fourth-order valence-corrected chi connectivity index (χ4v) is 7.47. The average Bonchev–Trinajstić information content (AvgIpc) is 3.21. The second kappa shape index (κ2) is 8.95. The number of hydrogen-bond donors (Lipinski definition) is 3. The van der Waals surface area contributed by atoms with Gasteiger partial charge in [-0.1, -0.05) is 48.9 Å². The Morgan fingerprint density at radius 3 is 2.49 bits per heavy atom. The predicted octanol–water partition coefficient (Wildman–Crippen LogP) is 2.78. The monoisotopic (exact) mass is 474 g/mol. The molecule has 4 aliphatic rings. The van der Waals surface area contributed by atoms with Crippen molar-refractivity contribution < 1.29 is 24.9 Å². The summed E-state index contributed by atoms with van der Waals surface area (Å²) in [4.78, 5) is 11.9. The number of fused-ring (bicyclic) bond motifs is 1. The molecule has 0 aromatic carbocycles. The van der Waals surface area contributed by atoms with E-state index >= 15 is 0 Å². The zero-order valence-electron chi connectivity index (χ0n) is 21.3. The largest absolute Gasteiger partial charge is 0.460 e. The molecular formula is C27H37B3O5. The summed E-state index contributed by atoms with van der Waals surface area (Å²) >= 11 is 0. The normalized spacial score (nSPS) is 46.6. The van der Waals surface area contributed by atoms with Crippen LogP contribution in [0, 0.1) is 23.2 Å². The summed E-state index contributed by atoms with van der Waals surface area (Å²) in [6.45, 7) is 10.1. The molecule has 4 rings (SSSR count). The maximum Gasteiger partial charge on any atom is 0.338 e. The van der Waals surface area contributed by atoms with Crippen molar-refractivity contribution in [1.82, 2.24) is 0 Å². The number of hydrogen-bond acceptors (Lipinski definition) is 5. The van der Waals surface area contributed by atoms with Gasteiger partial charge >= 0.3 is 5.97 Å². The third kappa shape index (κ3) is 4.53. The SMILES string of the molecule is [B]C1([B])/C(=C/C=C2\CCC[C@]3(C)[C@@H]([C@H](C)CC4C[C@@](C)(O)C(=O)O4)CC[C@@H]23)C(=C)[C@@H](O)C[C@]1([B])O. The van der Waals surface area contributed by atoms with Crippen molar-refractivity contribution in [3.8, 4) is 0 Å². The summed E-state index contributed by atoms with van der Waals surface area (Å²) in [5, 5.41) is 29.4. The van der Waals surface area contributed by atoms with Crippen molar-refractivity contribution in [2.45, 2.75) is 101 Å². The van der Waals surface area contributed by atoms with Crippen LogP contribution >= 0.6 is 0 Å².